The number of amides is 5. The molecule has 1 saturated heterocycles. The molecule has 19 heteroatoms. The van der Waals surface area contributed by atoms with E-state index in [9.17, 15) is 28.4 Å². The van der Waals surface area contributed by atoms with Crippen LogP contribution < -0.4 is 16.0 Å². The first-order chi connectivity index (χ1) is 32.7. The molecule has 360 valence electrons. The number of hydrogen-bond acceptors (Lipinski definition) is 14. The number of piperidine rings is 1. The molecule has 4 heterocycles. The maximum Gasteiger partial charge on any atom is 0.264 e. The van der Waals surface area contributed by atoms with Crippen molar-refractivity contribution >= 4 is 46.1 Å². The van der Waals surface area contributed by atoms with Crippen molar-refractivity contribution in [3.8, 4) is 11.3 Å². The monoisotopic (exact) mass is 930 g/mol. The lowest BCUT2D eigenvalue weighted by molar-refractivity contribution is -0.136. The van der Waals surface area contributed by atoms with Crippen molar-refractivity contribution in [3.63, 3.8) is 0 Å². The third-order valence-electron chi connectivity index (χ3n) is 11.4. The zero-order valence-electron chi connectivity index (χ0n) is 37.8. The fraction of sp³-hybridized carbons (Fsp3) is 0.479. The molecule has 3 aliphatic rings. The van der Waals surface area contributed by atoms with Gasteiger partial charge in [0.1, 0.15) is 11.9 Å². The van der Waals surface area contributed by atoms with Crippen LogP contribution >= 0.6 is 0 Å². The maximum atomic E-state index is 14.3. The number of H-pyrrole nitrogens is 1. The molecule has 3 aromatic carbocycles. The Morgan fingerprint density at radius 1 is 0.716 bits per heavy atom. The Hall–Kier alpha value is -5.64. The topological polar surface area (TPSA) is 208 Å². The van der Waals surface area contributed by atoms with Crippen LogP contribution in [0.1, 0.15) is 55.0 Å². The van der Waals surface area contributed by atoms with Crippen molar-refractivity contribution in [1.82, 2.24) is 25.4 Å². The first-order valence-electron chi connectivity index (χ1n) is 22.7. The number of hydrogen-bond donors (Lipinski definition) is 4. The van der Waals surface area contributed by atoms with Crippen LogP contribution in [0.4, 0.5) is 10.1 Å². The van der Waals surface area contributed by atoms with Gasteiger partial charge in [0.25, 0.3) is 17.7 Å². The number of nitrogens with zero attached hydrogens (tertiary/aromatic N) is 2. The summed E-state index contributed by atoms with van der Waals surface area (Å²) >= 11 is 0. The summed E-state index contributed by atoms with van der Waals surface area (Å²) in [5.74, 6) is -2.87. The van der Waals surface area contributed by atoms with Gasteiger partial charge in [0.15, 0.2) is 0 Å². The zero-order valence-corrected chi connectivity index (χ0v) is 37.8. The number of imide groups is 2. The number of fused-ring (bicyclic) bond motifs is 1. The number of nitrogens with one attached hydrogen (secondary N) is 4. The third-order valence-corrected chi connectivity index (χ3v) is 11.4. The number of benzene rings is 3. The minimum absolute atomic E-state index is 0.0604. The van der Waals surface area contributed by atoms with Crippen molar-refractivity contribution < 1.29 is 61.5 Å². The number of carbonyl (C=O) groups is 5. The SMILES string of the molecule is CN(CCOCCOCCOCCOCCOCCOCCOCCNc1cccc2c1C(=O)N(C1CCC(=O)NC1=O)C2=O)Cc1ccc(-c2[nH]c3cc(F)cc4c3c2CCNC4=O)cc1. The van der Waals surface area contributed by atoms with E-state index in [0.717, 1.165) is 45.8 Å². The van der Waals surface area contributed by atoms with Gasteiger partial charge in [0.05, 0.1) is 109 Å². The molecule has 0 spiro atoms. The minimum atomic E-state index is -1.02. The van der Waals surface area contributed by atoms with Crippen LogP contribution in [-0.2, 0) is 55.7 Å². The van der Waals surface area contributed by atoms with E-state index in [-0.39, 0.29) is 29.9 Å². The second-order valence-corrected chi connectivity index (χ2v) is 16.2. The van der Waals surface area contributed by atoms with E-state index in [2.05, 4.69) is 50.1 Å². The Kier molecular flexibility index (Phi) is 18.3. The number of carbonyl (C=O) groups excluding carboxylic acids is 5. The zero-order chi connectivity index (χ0) is 47.0. The molecule has 1 unspecified atom stereocenters. The molecule has 1 fully saturated rings. The number of aromatic nitrogens is 1. The summed E-state index contributed by atoms with van der Waals surface area (Å²) in [6.45, 7) is 8.55. The fourth-order valence-electron chi connectivity index (χ4n) is 8.17. The van der Waals surface area contributed by atoms with E-state index in [1.165, 1.54) is 12.1 Å². The van der Waals surface area contributed by atoms with E-state index < -0.39 is 35.5 Å². The molecule has 0 aliphatic carbocycles. The maximum absolute atomic E-state index is 14.3. The van der Waals surface area contributed by atoms with Gasteiger partial charge in [-0.2, -0.15) is 0 Å². The molecule has 5 amide bonds. The van der Waals surface area contributed by atoms with Gasteiger partial charge in [-0.3, -0.25) is 39.1 Å². The smallest absolute Gasteiger partial charge is 0.264 e. The van der Waals surface area contributed by atoms with E-state index in [0.29, 0.717) is 129 Å². The highest BCUT2D eigenvalue weighted by Gasteiger charge is 2.45. The molecule has 7 rings (SSSR count). The second kappa shape index (κ2) is 24.9. The fourth-order valence-corrected chi connectivity index (χ4v) is 8.17. The molecule has 0 bridgehead atoms. The molecule has 3 aliphatic heterocycles. The average molecular weight is 931 g/mol. The van der Waals surface area contributed by atoms with Gasteiger partial charge in [-0.1, -0.05) is 30.3 Å². The Morgan fingerprint density at radius 3 is 1.96 bits per heavy atom. The largest absolute Gasteiger partial charge is 0.382 e. The lowest BCUT2D eigenvalue weighted by Gasteiger charge is -2.27. The van der Waals surface area contributed by atoms with Gasteiger partial charge in [-0.15, -0.1) is 0 Å². The second-order valence-electron chi connectivity index (χ2n) is 16.2. The van der Waals surface area contributed by atoms with Gasteiger partial charge < -0.3 is 48.8 Å². The summed E-state index contributed by atoms with van der Waals surface area (Å²) in [5, 5.41) is 9.00. The van der Waals surface area contributed by atoms with Crippen LogP contribution in [0, 0.1) is 5.82 Å². The number of halogens is 1. The van der Waals surface area contributed by atoms with E-state index in [1.807, 2.05) is 7.05 Å². The van der Waals surface area contributed by atoms with Crippen molar-refractivity contribution in [2.75, 3.05) is 124 Å². The highest BCUT2D eigenvalue weighted by molar-refractivity contribution is 6.25. The summed E-state index contributed by atoms with van der Waals surface area (Å²) in [6, 6.07) is 15.0. The normalized spacial score (nSPS) is 16.0. The number of aromatic amines is 1. The molecular formula is C48H59FN6O12. The van der Waals surface area contributed by atoms with Crippen molar-refractivity contribution in [1.29, 1.82) is 0 Å². The molecule has 4 N–H and O–H groups in total. The van der Waals surface area contributed by atoms with E-state index >= 15 is 0 Å². The summed E-state index contributed by atoms with van der Waals surface area (Å²) < 4.78 is 53.4. The van der Waals surface area contributed by atoms with Crippen LogP contribution in [0.25, 0.3) is 22.2 Å². The van der Waals surface area contributed by atoms with Crippen LogP contribution in [0.5, 0.6) is 0 Å². The predicted octanol–water partition coefficient (Wildman–Crippen LogP) is 3.32. The number of rotatable bonds is 29. The van der Waals surface area contributed by atoms with Crippen molar-refractivity contribution in [2.45, 2.75) is 31.8 Å². The molecule has 67 heavy (non-hydrogen) atoms. The summed E-state index contributed by atoms with van der Waals surface area (Å²) in [6.07, 6.45) is 0.825. The van der Waals surface area contributed by atoms with E-state index in [1.54, 1.807) is 18.2 Å². The number of ether oxygens (including phenoxy) is 7. The summed E-state index contributed by atoms with van der Waals surface area (Å²) in [7, 11) is 2.05. The third kappa shape index (κ3) is 13.3. The van der Waals surface area contributed by atoms with Gasteiger partial charge in [0.2, 0.25) is 11.8 Å². The molecule has 18 nitrogen and oxygen atoms in total. The van der Waals surface area contributed by atoms with Crippen LogP contribution in [-0.4, -0.2) is 170 Å². The standard InChI is InChI=1S/C48H59FN6O12/c1-54(31-32-5-7-33(8-6-32)44-35-11-12-51-45(57)37-29-34(49)30-39(52-44)42(35)37)14-16-62-18-20-64-22-24-66-26-28-67-27-25-65-23-21-63-19-17-61-15-13-50-38-4-2-3-36-43(38)48(60)55(47(36)59)40-9-10-41(56)53-46(40)58/h2-8,29-30,40,50,52H,9-28,31H2,1H3,(H,51,57)(H,53,56,58). The Balaban J connectivity index is 0.622. The Bertz CT molecular complexity index is 2340. The summed E-state index contributed by atoms with van der Waals surface area (Å²) in [5.41, 5.74) is 5.99. The van der Waals surface area contributed by atoms with Crippen molar-refractivity contribution in [2.24, 2.45) is 0 Å². The van der Waals surface area contributed by atoms with Gasteiger partial charge in [0, 0.05) is 54.9 Å². The van der Waals surface area contributed by atoms with Gasteiger partial charge >= 0.3 is 0 Å². The lowest BCUT2D eigenvalue weighted by Crippen LogP contribution is -2.54. The Morgan fingerprint density at radius 2 is 1.33 bits per heavy atom. The highest BCUT2D eigenvalue weighted by atomic mass is 19.1. The highest BCUT2D eigenvalue weighted by Crippen LogP contribution is 2.35. The minimum Gasteiger partial charge on any atom is -0.382 e. The molecule has 4 aromatic rings. The molecule has 0 saturated carbocycles. The van der Waals surface area contributed by atoms with Crippen LogP contribution in [0.15, 0.2) is 54.6 Å². The molecule has 0 radical (unpaired) electrons. The quantitative estimate of drug-likeness (QED) is 0.0456. The lowest BCUT2D eigenvalue weighted by atomic mass is 9.99. The summed E-state index contributed by atoms with van der Waals surface area (Å²) in [4.78, 5) is 69.1. The van der Waals surface area contributed by atoms with Gasteiger partial charge in [-0.05, 0) is 60.8 Å². The van der Waals surface area contributed by atoms with Crippen LogP contribution in [0.3, 0.4) is 0 Å². The first-order valence-corrected chi connectivity index (χ1v) is 22.7. The number of likely N-dealkylation sites (N-methyl/N-ethyl adjacent to an activating group) is 1. The predicted molar refractivity (Wildman–Crippen MR) is 243 cm³/mol. The first kappa shape index (κ1) is 49.3. The van der Waals surface area contributed by atoms with Gasteiger partial charge in [-0.25, -0.2) is 4.39 Å². The van der Waals surface area contributed by atoms with Crippen LogP contribution in [0.2, 0.25) is 0 Å². The van der Waals surface area contributed by atoms with E-state index in [4.69, 9.17) is 33.2 Å². The van der Waals surface area contributed by atoms with Crippen molar-refractivity contribution in [3.05, 3.63) is 88.2 Å². The Labute approximate surface area is 388 Å². The number of anilines is 1. The molecule has 1 atom stereocenters. The molecule has 1 aromatic heterocycles. The molecular weight excluding hydrogens is 872 g/mol. The average Bonchev–Trinajstić information content (AvgIpc) is 3.74.